The van der Waals surface area contributed by atoms with Crippen molar-refractivity contribution >= 4 is 39.9 Å². The van der Waals surface area contributed by atoms with E-state index in [2.05, 4.69) is 15.5 Å². The van der Waals surface area contributed by atoms with Gasteiger partial charge in [0.2, 0.25) is 11.8 Å². The van der Waals surface area contributed by atoms with Gasteiger partial charge < -0.3 is 10.2 Å². The summed E-state index contributed by atoms with van der Waals surface area (Å²) in [5.74, 6) is -0.839. The summed E-state index contributed by atoms with van der Waals surface area (Å²) in [5, 5.41) is 7.66. The molecule has 7 nitrogen and oxygen atoms in total. The minimum Gasteiger partial charge on any atom is -0.368 e. The fourth-order valence-electron chi connectivity index (χ4n) is 4.41. The van der Waals surface area contributed by atoms with E-state index >= 15 is 0 Å². The number of imide groups is 1. The first kappa shape index (κ1) is 16.3. The Labute approximate surface area is 156 Å². The first-order valence-electron chi connectivity index (χ1n) is 9.34. The van der Waals surface area contributed by atoms with Gasteiger partial charge in [-0.05, 0) is 24.6 Å². The largest absolute Gasteiger partial charge is 0.368 e. The van der Waals surface area contributed by atoms with E-state index in [1.807, 2.05) is 30.3 Å². The highest BCUT2D eigenvalue weighted by Crippen LogP contribution is 2.43. The lowest BCUT2D eigenvalue weighted by Gasteiger charge is -2.32. The molecular formula is C20H20N4O3. The smallest absolute Gasteiger partial charge is 0.259 e. The molecule has 7 heteroatoms. The van der Waals surface area contributed by atoms with Crippen molar-refractivity contribution in [3.05, 3.63) is 35.9 Å². The Morgan fingerprint density at radius 1 is 0.963 bits per heavy atom. The van der Waals surface area contributed by atoms with Gasteiger partial charge >= 0.3 is 0 Å². The molecule has 2 aromatic carbocycles. The molecule has 3 heterocycles. The van der Waals surface area contributed by atoms with E-state index < -0.39 is 11.9 Å². The SMILES string of the molecule is O=C1CCC(N2C(=O)c3cccc4c(N5CCNCC5)ccc2c34)C(=O)N1. The molecule has 0 saturated carbocycles. The number of nitrogens with zero attached hydrogens (tertiary/aromatic N) is 2. The van der Waals surface area contributed by atoms with Crippen LogP contribution in [0.4, 0.5) is 11.4 Å². The number of hydrogen-bond acceptors (Lipinski definition) is 5. The van der Waals surface area contributed by atoms with E-state index in [0.717, 1.165) is 48.3 Å². The Morgan fingerprint density at radius 2 is 1.74 bits per heavy atom. The summed E-state index contributed by atoms with van der Waals surface area (Å²) in [6, 6.07) is 9.11. The molecule has 2 fully saturated rings. The number of carbonyl (C=O) groups excluding carboxylic acids is 3. The first-order chi connectivity index (χ1) is 13.1. The molecule has 3 aliphatic rings. The zero-order valence-electron chi connectivity index (χ0n) is 14.8. The highest BCUT2D eigenvalue weighted by molar-refractivity contribution is 6.28. The number of carbonyl (C=O) groups is 3. The average molecular weight is 364 g/mol. The third kappa shape index (κ3) is 2.42. The van der Waals surface area contributed by atoms with Gasteiger partial charge in [0, 0.05) is 54.6 Å². The van der Waals surface area contributed by atoms with Crippen molar-refractivity contribution < 1.29 is 14.4 Å². The fraction of sp³-hybridized carbons (Fsp3) is 0.350. The van der Waals surface area contributed by atoms with Crippen LogP contribution >= 0.6 is 0 Å². The lowest BCUT2D eigenvalue weighted by atomic mass is 10.0. The molecule has 2 N–H and O–H groups in total. The molecule has 0 radical (unpaired) electrons. The van der Waals surface area contributed by atoms with Gasteiger partial charge in [-0.1, -0.05) is 12.1 Å². The van der Waals surface area contributed by atoms with Gasteiger partial charge in [-0.2, -0.15) is 0 Å². The zero-order chi connectivity index (χ0) is 18.5. The standard InChI is InChI=1S/C20H20N4O3/c25-17-7-6-16(19(26)22-17)24-15-5-4-14(23-10-8-21-9-11-23)12-2-1-3-13(18(12)15)20(24)27/h1-5,16,21H,6-11H2,(H,22,25,26). The molecule has 0 bridgehead atoms. The van der Waals surface area contributed by atoms with Crippen molar-refractivity contribution in [2.24, 2.45) is 0 Å². The van der Waals surface area contributed by atoms with Crippen molar-refractivity contribution in [1.82, 2.24) is 10.6 Å². The summed E-state index contributed by atoms with van der Waals surface area (Å²) in [6.07, 6.45) is 0.601. The van der Waals surface area contributed by atoms with Crippen LogP contribution < -0.4 is 20.4 Å². The number of piperidine rings is 1. The Morgan fingerprint density at radius 3 is 2.52 bits per heavy atom. The summed E-state index contributed by atoms with van der Waals surface area (Å²) < 4.78 is 0. The van der Waals surface area contributed by atoms with Crippen LogP contribution in [0.25, 0.3) is 10.8 Å². The second-order valence-electron chi connectivity index (χ2n) is 7.21. The van der Waals surface area contributed by atoms with Crippen LogP contribution in [0.1, 0.15) is 23.2 Å². The first-order valence-corrected chi connectivity index (χ1v) is 9.34. The van der Waals surface area contributed by atoms with E-state index in [1.54, 1.807) is 4.90 Å². The second-order valence-corrected chi connectivity index (χ2v) is 7.21. The number of amides is 3. The molecule has 1 unspecified atom stereocenters. The maximum absolute atomic E-state index is 13.1. The van der Waals surface area contributed by atoms with Crippen molar-refractivity contribution in [3.8, 4) is 0 Å². The van der Waals surface area contributed by atoms with Crippen LogP contribution in [0.3, 0.4) is 0 Å². The highest BCUT2D eigenvalue weighted by atomic mass is 16.2. The van der Waals surface area contributed by atoms with Gasteiger partial charge in [0.15, 0.2) is 0 Å². The Hall–Kier alpha value is -2.93. The monoisotopic (exact) mass is 364 g/mol. The molecule has 0 aromatic heterocycles. The van der Waals surface area contributed by atoms with Crippen LogP contribution in [-0.4, -0.2) is 49.9 Å². The molecule has 5 rings (SSSR count). The zero-order valence-corrected chi connectivity index (χ0v) is 14.8. The van der Waals surface area contributed by atoms with Crippen LogP contribution in [0.15, 0.2) is 30.3 Å². The third-order valence-corrected chi connectivity index (χ3v) is 5.68. The molecular weight excluding hydrogens is 344 g/mol. The topological polar surface area (TPSA) is 81.8 Å². The molecule has 0 aliphatic carbocycles. The molecule has 138 valence electrons. The van der Waals surface area contributed by atoms with Gasteiger partial charge in [-0.15, -0.1) is 0 Å². The quantitative estimate of drug-likeness (QED) is 0.778. The lowest BCUT2D eigenvalue weighted by molar-refractivity contribution is -0.134. The Kier molecular flexibility index (Phi) is 3.65. The number of benzene rings is 2. The van der Waals surface area contributed by atoms with E-state index in [0.29, 0.717) is 12.0 Å². The van der Waals surface area contributed by atoms with E-state index in [4.69, 9.17) is 0 Å². The van der Waals surface area contributed by atoms with E-state index in [-0.39, 0.29) is 18.2 Å². The number of nitrogens with one attached hydrogen (secondary N) is 2. The summed E-state index contributed by atoms with van der Waals surface area (Å²) in [6.45, 7) is 3.71. The molecule has 3 amide bonds. The Bertz CT molecular complexity index is 981. The van der Waals surface area contributed by atoms with Gasteiger partial charge in [-0.25, -0.2) is 0 Å². The summed E-state index contributed by atoms with van der Waals surface area (Å²) in [4.78, 5) is 40.9. The molecule has 0 spiro atoms. The minimum absolute atomic E-state index is 0.164. The predicted octanol–water partition coefficient (Wildman–Crippen LogP) is 1.01. The number of rotatable bonds is 2. The van der Waals surface area contributed by atoms with Gasteiger partial charge in [0.05, 0.1) is 5.69 Å². The lowest BCUT2D eigenvalue weighted by Crippen LogP contribution is -2.53. The molecule has 2 aromatic rings. The normalized spacial score (nSPS) is 22.5. The number of anilines is 2. The molecule has 1 atom stereocenters. The number of hydrogen-bond donors (Lipinski definition) is 2. The van der Waals surface area contributed by atoms with Crippen LogP contribution in [0.2, 0.25) is 0 Å². The maximum atomic E-state index is 13.1. The fourth-order valence-corrected chi connectivity index (χ4v) is 4.41. The highest BCUT2D eigenvalue weighted by Gasteiger charge is 2.41. The average Bonchev–Trinajstić information content (AvgIpc) is 2.97. The van der Waals surface area contributed by atoms with E-state index in [9.17, 15) is 14.4 Å². The second kappa shape index (κ2) is 6.06. The van der Waals surface area contributed by atoms with Crippen molar-refractivity contribution in [2.45, 2.75) is 18.9 Å². The van der Waals surface area contributed by atoms with E-state index in [1.165, 1.54) is 0 Å². The summed E-state index contributed by atoms with van der Waals surface area (Å²) >= 11 is 0. The molecule has 2 saturated heterocycles. The molecule has 27 heavy (non-hydrogen) atoms. The van der Waals surface area contributed by atoms with Gasteiger partial charge in [-0.3, -0.25) is 24.6 Å². The van der Waals surface area contributed by atoms with Crippen LogP contribution in [-0.2, 0) is 9.59 Å². The summed E-state index contributed by atoms with van der Waals surface area (Å²) in [5.41, 5.74) is 2.51. The Balaban J connectivity index is 1.62. The van der Waals surface area contributed by atoms with Crippen molar-refractivity contribution in [2.75, 3.05) is 36.0 Å². The van der Waals surface area contributed by atoms with Crippen LogP contribution in [0.5, 0.6) is 0 Å². The molecule has 3 aliphatic heterocycles. The predicted molar refractivity (Wildman–Crippen MR) is 102 cm³/mol. The number of piperazine rings is 1. The minimum atomic E-state index is -0.643. The van der Waals surface area contributed by atoms with Gasteiger partial charge in [0.25, 0.3) is 5.91 Å². The maximum Gasteiger partial charge on any atom is 0.259 e. The third-order valence-electron chi connectivity index (χ3n) is 5.68. The summed E-state index contributed by atoms with van der Waals surface area (Å²) in [7, 11) is 0. The van der Waals surface area contributed by atoms with Gasteiger partial charge in [0.1, 0.15) is 6.04 Å². The van der Waals surface area contributed by atoms with Crippen molar-refractivity contribution in [3.63, 3.8) is 0 Å². The van der Waals surface area contributed by atoms with Crippen LogP contribution in [0, 0.1) is 0 Å². The van der Waals surface area contributed by atoms with Crippen molar-refractivity contribution in [1.29, 1.82) is 0 Å².